The Morgan fingerprint density at radius 2 is 1.72 bits per heavy atom. The van der Waals surface area contributed by atoms with Gasteiger partial charge >= 0.3 is 0 Å². The molecule has 2 heterocycles. The third kappa shape index (κ3) is 5.15. The van der Waals surface area contributed by atoms with E-state index in [1.165, 1.54) is 16.8 Å². The Labute approximate surface area is 189 Å². The molecule has 7 nitrogen and oxygen atoms in total. The first-order valence-electron chi connectivity index (χ1n) is 9.89. The lowest BCUT2D eigenvalue weighted by Gasteiger charge is -2.10. The molecule has 164 valence electrons. The number of ether oxygens (including phenoxy) is 1. The lowest BCUT2D eigenvalue weighted by molar-refractivity contribution is 0.101. The number of rotatable bonds is 7. The van der Waals surface area contributed by atoms with Crippen LogP contribution in [0, 0.1) is 19.7 Å². The molecule has 1 amide bonds. The molecule has 9 heteroatoms. The number of halogens is 2. The van der Waals surface area contributed by atoms with Gasteiger partial charge in [0.25, 0.3) is 5.91 Å². The van der Waals surface area contributed by atoms with Crippen LogP contribution in [0.5, 0.6) is 5.75 Å². The lowest BCUT2D eigenvalue weighted by Crippen LogP contribution is -2.15. The van der Waals surface area contributed by atoms with Gasteiger partial charge in [0.2, 0.25) is 0 Å². The van der Waals surface area contributed by atoms with E-state index < -0.39 is 0 Å². The van der Waals surface area contributed by atoms with Crippen molar-refractivity contribution in [3.8, 4) is 5.75 Å². The Balaban J connectivity index is 1.34. The number of amides is 1. The number of carbonyl (C=O) groups is 1. The summed E-state index contributed by atoms with van der Waals surface area (Å²) in [4.78, 5) is 12.5. The van der Waals surface area contributed by atoms with E-state index in [-0.39, 0.29) is 24.1 Å². The number of anilines is 1. The number of hydrogen-bond acceptors (Lipinski definition) is 4. The summed E-state index contributed by atoms with van der Waals surface area (Å²) < 4.78 is 22.0. The fraction of sp³-hybridized carbons (Fsp3) is 0.174. The van der Waals surface area contributed by atoms with Crippen molar-refractivity contribution < 1.29 is 13.9 Å². The standard InChI is InChI=1S/C23H21ClFN5O2/c1-15-11-19(12-16(2)22(15)24)32-14-30-9-7-20(27-30)23(31)26-21-8-10-29(28-21)13-17-3-5-18(25)6-4-17/h3-12H,13-14H2,1-2H3,(H,26,28,31). The molecular weight excluding hydrogens is 433 g/mol. The number of aryl methyl sites for hydroxylation is 2. The van der Waals surface area contributed by atoms with E-state index in [1.807, 2.05) is 26.0 Å². The van der Waals surface area contributed by atoms with Crippen LogP contribution in [0.3, 0.4) is 0 Å². The number of hydrogen-bond donors (Lipinski definition) is 1. The highest BCUT2D eigenvalue weighted by molar-refractivity contribution is 6.32. The first-order valence-corrected chi connectivity index (χ1v) is 10.3. The monoisotopic (exact) mass is 453 g/mol. The minimum atomic E-state index is -0.381. The summed E-state index contributed by atoms with van der Waals surface area (Å²) in [7, 11) is 0. The normalized spacial score (nSPS) is 10.9. The minimum Gasteiger partial charge on any atom is -0.471 e. The summed E-state index contributed by atoms with van der Waals surface area (Å²) in [6.45, 7) is 4.45. The van der Waals surface area contributed by atoms with Gasteiger partial charge in [-0.05, 0) is 60.9 Å². The van der Waals surface area contributed by atoms with Crippen LogP contribution in [0.15, 0.2) is 60.9 Å². The molecule has 32 heavy (non-hydrogen) atoms. The van der Waals surface area contributed by atoms with Crippen LogP contribution >= 0.6 is 11.6 Å². The van der Waals surface area contributed by atoms with E-state index >= 15 is 0 Å². The average molecular weight is 454 g/mol. The molecule has 0 radical (unpaired) electrons. The Hall–Kier alpha value is -3.65. The molecule has 0 unspecified atom stereocenters. The predicted molar refractivity (Wildman–Crippen MR) is 119 cm³/mol. The molecule has 0 fully saturated rings. The van der Waals surface area contributed by atoms with Gasteiger partial charge < -0.3 is 10.1 Å². The maximum atomic E-state index is 13.0. The summed E-state index contributed by atoms with van der Waals surface area (Å²) >= 11 is 6.18. The maximum absolute atomic E-state index is 13.0. The fourth-order valence-corrected chi connectivity index (χ4v) is 3.27. The van der Waals surface area contributed by atoms with Gasteiger partial charge in [-0.1, -0.05) is 23.7 Å². The second-order valence-corrected chi connectivity index (χ2v) is 7.74. The highest BCUT2D eigenvalue weighted by Crippen LogP contribution is 2.26. The predicted octanol–water partition coefficient (Wildman–Crippen LogP) is 4.83. The van der Waals surface area contributed by atoms with Gasteiger partial charge in [-0.2, -0.15) is 10.2 Å². The summed E-state index contributed by atoms with van der Waals surface area (Å²) in [5, 5.41) is 12.0. The van der Waals surface area contributed by atoms with E-state index in [2.05, 4.69) is 15.5 Å². The molecule has 0 aliphatic heterocycles. The molecule has 0 atom stereocenters. The first kappa shape index (κ1) is 21.6. The van der Waals surface area contributed by atoms with E-state index in [1.54, 1.807) is 41.3 Å². The van der Waals surface area contributed by atoms with Crippen molar-refractivity contribution in [3.63, 3.8) is 0 Å². The zero-order valence-electron chi connectivity index (χ0n) is 17.5. The van der Waals surface area contributed by atoms with E-state index in [4.69, 9.17) is 16.3 Å². The topological polar surface area (TPSA) is 74.0 Å². The minimum absolute atomic E-state index is 0.153. The number of nitrogens with zero attached hydrogens (tertiary/aromatic N) is 4. The van der Waals surface area contributed by atoms with Crippen molar-refractivity contribution >= 4 is 23.3 Å². The Morgan fingerprint density at radius 3 is 2.44 bits per heavy atom. The van der Waals surface area contributed by atoms with Gasteiger partial charge in [0, 0.05) is 23.5 Å². The van der Waals surface area contributed by atoms with Gasteiger partial charge in [-0.25, -0.2) is 9.07 Å². The van der Waals surface area contributed by atoms with Crippen LogP contribution in [-0.2, 0) is 13.3 Å². The molecule has 2 aromatic heterocycles. The fourth-order valence-electron chi connectivity index (χ4n) is 3.16. The summed E-state index contributed by atoms with van der Waals surface area (Å²) in [6, 6.07) is 13.2. The van der Waals surface area contributed by atoms with Crippen LogP contribution < -0.4 is 10.1 Å². The van der Waals surface area contributed by atoms with Gasteiger partial charge in [-0.15, -0.1) is 0 Å². The molecular formula is C23H21ClFN5O2. The molecule has 0 aliphatic carbocycles. The van der Waals surface area contributed by atoms with Crippen molar-refractivity contribution in [1.82, 2.24) is 19.6 Å². The molecule has 1 N–H and O–H groups in total. The molecule has 4 aromatic rings. The van der Waals surface area contributed by atoms with Crippen molar-refractivity contribution in [2.45, 2.75) is 27.1 Å². The molecule has 0 spiro atoms. The second-order valence-electron chi connectivity index (χ2n) is 7.36. The molecule has 0 saturated heterocycles. The van der Waals surface area contributed by atoms with Gasteiger partial charge in [0.1, 0.15) is 11.6 Å². The zero-order valence-corrected chi connectivity index (χ0v) is 18.3. The highest BCUT2D eigenvalue weighted by Gasteiger charge is 2.12. The zero-order chi connectivity index (χ0) is 22.7. The first-order chi connectivity index (χ1) is 15.4. The number of carbonyl (C=O) groups excluding carboxylic acids is 1. The van der Waals surface area contributed by atoms with Crippen LogP contribution in [0.1, 0.15) is 27.2 Å². The smallest absolute Gasteiger partial charge is 0.277 e. The van der Waals surface area contributed by atoms with Crippen LogP contribution in [-0.4, -0.2) is 25.5 Å². The van der Waals surface area contributed by atoms with Crippen molar-refractivity contribution in [1.29, 1.82) is 0 Å². The van der Waals surface area contributed by atoms with E-state index in [0.717, 1.165) is 21.7 Å². The van der Waals surface area contributed by atoms with Crippen molar-refractivity contribution in [3.05, 3.63) is 94.1 Å². The number of benzene rings is 2. The molecule has 0 saturated carbocycles. The number of nitrogens with one attached hydrogen (secondary N) is 1. The van der Waals surface area contributed by atoms with Crippen LogP contribution in [0.2, 0.25) is 5.02 Å². The number of aromatic nitrogens is 4. The second kappa shape index (κ2) is 9.23. The highest BCUT2D eigenvalue weighted by atomic mass is 35.5. The molecule has 4 rings (SSSR count). The summed E-state index contributed by atoms with van der Waals surface area (Å²) in [5.41, 5.74) is 3.00. The summed E-state index contributed by atoms with van der Waals surface area (Å²) in [6.07, 6.45) is 3.40. The van der Waals surface area contributed by atoms with Crippen LogP contribution in [0.25, 0.3) is 0 Å². The van der Waals surface area contributed by atoms with Gasteiger partial charge in [-0.3, -0.25) is 9.48 Å². The Bertz CT molecular complexity index is 1230. The van der Waals surface area contributed by atoms with Gasteiger partial charge in [0.05, 0.1) is 6.54 Å². The maximum Gasteiger partial charge on any atom is 0.277 e. The quantitative estimate of drug-likeness (QED) is 0.435. The van der Waals surface area contributed by atoms with Crippen LogP contribution in [0.4, 0.5) is 10.2 Å². The third-order valence-corrected chi connectivity index (χ3v) is 5.38. The van der Waals surface area contributed by atoms with E-state index in [9.17, 15) is 9.18 Å². The van der Waals surface area contributed by atoms with E-state index in [0.29, 0.717) is 18.1 Å². The summed E-state index contributed by atoms with van der Waals surface area (Å²) in [5.74, 6) is 0.409. The molecule has 0 bridgehead atoms. The van der Waals surface area contributed by atoms with Crippen molar-refractivity contribution in [2.75, 3.05) is 5.32 Å². The largest absolute Gasteiger partial charge is 0.471 e. The average Bonchev–Trinajstić information content (AvgIpc) is 3.41. The molecule has 2 aromatic carbocycles. The third-order valence-electron chi connectivity index (χ3n) is 4.79. The molecule has 0 aliphatic rings. The SMILES string of the molecule is Cc1cc(OCn2ccc(C(=O)Nc3ccn(Cc4ccc(F)cc4)n3)n2)cc(C)c1Cl. The van der Waals surface area contributed by atoms with Gasteiger partial charge in [0.15, 0.2) is 18.2 Å². The Kier molecular flexibility index (Phi) is 6.23. The Morgan fingerprint density at radius 1 is 1.03 bits per heavy atom. The lowest BCUT2D eigenvalue weighted by atomic mass is 10.1. The van der Waals surface area contributed by atoms with Crippen molar-refractivity contribution in [2.24, 2.45) is 0 Å².